The SMILES string of the molecule is CC(C)[Si](C#C[C@@H](C)CC(=O)c1ccccc1)(C(C)C)C(C)C. The van der Waals surface area contributed by atoms with Crippen LogP contribution >= 0.6 is 0 Å². The standard InChI is InChI=1S/C21H32OSi/c1-16(2)23(17(3)4,18(5)6)14-13-19(7)15-21(22)20-11-9-8-10-12-20/h8-12,16-19H,15H2,1-7H3/t19-/m1/s1. The molecule has 23 heavy (non-hydrogen) atoms. The van der Waals surface area contributed by atoms with Gasteiger partial charge in [-0.1, -0.05) is 78.8 Å². The highest BCUT2D eigenvalue weighted by atomic mass is 28.3. The quantitative estimate of drug-likeness (QED) is 0.349. The van der Waals surface area contributed by atoms with Gasteiger partial charge in [0.25, 0.3) is 0 Å². The molecule has 0 bridgehead atoms. The van der Waals surface area contributed by atoms with Crippen LogP contribution < -0.4 is 0 Å². The summed E-state index contributed by atoms with van der Waals surface area (Å²) >= 11 is 0. The second kappa shape index (κ2) is 8.50. The molecule has 0 saturated carbocycles. The second-order valence-corrected chi connectivity index (χ2v) is 13.1. The molecule has 0 aliphatic rings. The van der Waals surface area contributed by atoms with Crippen molar-refractivity contribution >= 4 is 13.9 Å². The summed E-state index contributed by atoms with van der Waals surface area (Å²) in [7, 11) is -1.69. The van der Waals surface area contributed by atoms with Gasteiger partial charge in [0.1, 0.15) is 8.07 Å². The monoisotopic (exact) mass is 328 g/mol. The lowest BCUT2D eigenvalue weighted by Gasteiger charge is -2.38. The third-order valence-corrected chi connectivity index (χ3v) is 11.3. The average molecular weight is 329 g/mol. The van der Waals surface area contributed by atoms with Gasteiger partial charge >= 0.3 is 0 Å². The number of hydrogen-bond donors (Lipinski definition) is 0. The predicted octanol–water partition coefficient (Wildman–Crippen LogP) is 6.12. The highest BCUT2D eigenvalue weighted by Gasteiger charge is 2.41. The van der Waals surface area contributed by atoms with Crippen molar-refractivity contribution in [2.75, 3.05) is 0 Å². The first-order chi connectivity index (χ1) is 10.7. The molecule has 0 aromatic heterocycles. The Kier molecular flexibility index (Phi) is 7.29. The van der Waals surface area contributed by atoms with Crippen molar-refractivity contribution < 1.29 is 4.79 Å². The minimum absolute atomic E-state index is 0.117. The fourth-order valence-electron chi connectivity index (χ4n) is 3.75. The Bertz CT molecular complexity index is 539. The maximum absolute atomic E-state index is 12.3. The van der Waals surface area contributed by atoms with Gasteiger partial charge in [0.15, 0.2) is 5.78 Å². The number of carbonyl (C=O) groups is 1. The Morgan fingerprint density at radius 3 is 1.83 bits per heavy atom. The van der Waals surface area contributed by atoms with Crippen molar-refractivity contribution in [2.24, 2.45) is 5.92 Å². The van der Waals surface area contributed by atoms with Crippen molar-refractivity contribution in [1.29, 1.82) is 0 Å². The van der Waals surface area contributed by atoms with E-state index in [1.165, 1.54) is 0 Å². The van der Waals surface area contributed by atoms with Crippen LogP contribution in [-0.4, -0.2) is 13.9 Å². The lowest BCUT2D eigenvalue weighted by atomic mass is 10.0. The van der Waals surface area contributed by atoms with Gasteiger partial charge in [0.2, 0.25) is 0 Å². The molecule has 0 aliphatic carbocycles. The van der Waals surface area contributed by atoms with Crippen LogP contribution in [0.15, 0.2) is 30.3 Å². The predicted molar refractivity (Wildman–Crippen MR) is 103 cm³/mol. The molecular formula is C21H32OSi. The van der Waals surface area contributed by atoms with Gasteiger partial charge in [-0.05, 0) is 16.6 Å². The van der Waals surface area contributed by atoms with Crippen LogP contribution in [0.1, 0.15) is 65.2 Å². The summed E-state index contributed by atoms with van der Waals surface area (Å²) < 4.78 is 0. The van der Waals surface area contributed by atoms with E-state index < -0.39 is 8.07 Å². The minimum atomic E-state index is -1.69. The number of rotatable bonds is 6. The molecular weight excluding hydrogens is 296 g/mol. The van der Waals surface area contributed by atoms with Crippen LogP contribution in [0.5, 0.6) is 0 Å². The Balaban J connectivity index is 2.92. The van der Waals surface area contributed by atoms with Crippen molar-refractivity contribution in [2.45, 2.75) is 71.5 Å². The normalized spacial score (nSPS) is 13.1. The van der Waals surface area contributed by atoms with E-state index >= 15 is 0 Å². The molecule has 0 aliphatic heterocycles. The number of Topliss-reactive ketones (excluding diaryl/α,β-unsaturated/α-hetero) is 1. The zero-order valence-electron chi connectivity index (χ0n) is 15.8. The molecule has 0 spiro atoms. The third-order valence-electron chi connectivity index (χ3n) is 4.99. The lowest BCUT2D eigenvalue weighted by Crippen LogP contribution is -2.43. The summed E-state index contributed by atoms with van der Waals surface area (Å²) in [5.41, 5.74) is 6.41. The topological polar surface area (TPSA) is 17.1 Å². The highest BCUT2D eigenvalue weighted by Crippen LogP contribution is 2.40. The van der Waals surface area contributed by atoms with Gasteiger partial charge in [-0.2, -0.15) is 0 Å². The van der Waals surface area contributed by atoms with E-state index in [4.69, 9.17) is 0 Å². The molecule has 0 unspecified atom stereocenters. The lowest BCUT2D eigenvalue weighted by molar-refractivity contribution is 0.0973. The Morgan fingerprint density at radius 2 is 1.39 bits per heavy atom. The van der Waals surface area contributed by atoms with E-state index in [0.717, 1.165) is 5.56 Å². The van der Waals surface area contributed by atoms with E-state index in [9.17, 15) is 4.79 Å². The molecule has 0 amide bonds. The second-order valence-electron chi connectivity index (χ2n) is 7.56. The van der Waals surface area contributed by atoms with Crippen molar-refractivity contribution in [3.8, 4) is 11.5 Å². The zero-order valence-corrected chi connectivity index (χ0v) is 16.8. The van der Waals surface area contributed by atoms with Gasteiger partial charge in [-0.25, -0.2) is 0 Å². The maximum atomic E-state index is 12.3. The first kappa shape index (κ1) is 19.7. The van der Waals surface area contributed by atoms with Crippen molar-refractivity contribution in [1.82, 2.24) is 0 Å². The van der Waals surface area contributed by atoms with Gasteiger partial charge < -0.3 is 0 Å². The van der Waals surface area contributed by atoms with Crippen molar-refractivity contribution in [3.63, 3.8) is 0 Å². The first-order valence-corrected chi connectivity index (χ1v) is 11.1. The fourth-order valence-corrected chi connectivity index (χ4v) is 9.11. The number of hydrogen-bond acceptors (Lipinski definition) is 1. The van der Waals surface area contributed by atoms with Crippen LogP contribution in [0.4, 0.5) is 0 Å². The van der Waals surface area contributed by atoms with E-state index in [-0.39, 0.29) is 11.7 Å². The summed E-state index contributed by atoms with van der Waals surface area (Å²) in [6.45, 7) is 16.0. The van der Waals surface area contributed by atoms with E-state index in [1.54, 1.807) is 0 Å². The molecule has 0 N–H and O–H groups in total. The fraction of sp³-hybridized carbons (Fsp3) is 0.571. The summed E-state index contributed by atoms with van der Waals surface area (Å²) in [5, 5.41) is 0. The smallest absolute Gasteiger partial charge is 0.164 e. The Morgan fingerprint density at radius 1 is 0.913 bits per heavy atom. The highest BCUT2D eigenvalue weighted by molar-refractivity contribution is 6.90. The van der Waals surface area contributed by atoms with E-state index in [2.05, 4.69) is 59.9 Å². The molecule has 1 nitrogen and oxygen atoms in total. The molecule has 126 valence electrons. The molecule has 1 aromatic carbocycles. The molecule has 2 heteroatoms. The summed E-state index contributed by atoms with van der Waals surface area (Å²) in [5.74, 6) is 3.77. The van der Waals surface area contributed by atoms with Gasteiger partial charge in [-0.3, -0.25) is 4.79 Å². The summed E-state index contributed by atoms with van der Waals surface area (Å²) in [6.07, 6.45) is 0.510. The Hall–Kier alpha value is -1.33. The average Bonchev–Trinajstić information content (AvgIpc) is 2.47. The van der Waals surface area contributed by atoms with Crippen LogP contribution in [-0.2, 0) is 0 Å². The molecule has 0 radical (unpaired) electrons. The van der Waals surface area contributed by atoms with Crippen LogP contribution in [0, 0.1) is 17.4 Å². The Labute approximate surface area is 143 Å². The molecule has 1 aromatic rings. The molecule has 0 saturated heterocycles. The van der Waals surface area contributed by atoms with Gasteiger partial charge in [-0.15, -0.1) is 11.5 Å². The number of ketones is 1. The molecule has 1 atom stereocenters. The minimum Gasteiger partial charge on any atom is -0.294 e. The number of carbonyl (C=O) groups excluding carboxylic acids is 1. The maximum Gasteiger partial charge on any atom is 0.164 e. The van der Waals surface area contributed by atoms with E-state index in [1.807, 2.05) is 30.3 Å². The zero-order chi connectivity index (χ0) is 17.6. The van der Waals surface area contributed by atoms with Crippen LogP contribution in [0.3, 0.4) is 0 Å². The summed E-state index contributed by atoms with van der Waals surface area (Å²) in [4.78, 5) is 12.3. The first-order valence-electron chi connectivity index (χ1n) is 8.82. The molecule has 1 rings (SSSR count). The van der Waals surface area contributed by atoms with Gasteiger partial charge in [0.05, 0.1) is 0 Å². The molecule has 0 heterocycles. The third kappa shape index (κ3) is 4.82. The largest absolute Gasteiger partial charge is 0.294 e. The summed E-state index contributed by atoms with van der Waals surface area (Å²) in [6, 6.07) is 9.54. The van der Waals surface area contributed by atoms with Gasteiger partial charge in [0, 0.05) is 17.9 Å². The van der Waals surface area contributed by atoms with E-state index in [0.29, 0.717) is 23.0 Å². The van der Waals surface area contributed by atoms with Crippen LogP contribution in [0.25, 0.3) is 0 Å². The number of benzene rings is 1. The van der Waals surface area contributed by atoms with Crippen molar-refractivity contribution in [3.05, 3.63) is 35.9 Å². The molecule has 0 fully saturated rings. The van der Waals surface area contributed by atoms with Crippen LogP contribution in [0.2, 0.25) is 16.6 Å².